The number of amides is 1. The number of rotatable bonds is 4. The van der Waals surface area contributed by atoms with E-state index in [1.54, 1.807) is 11.0 Å². The molecule has 170 valence electrons. The fraction of sp³-hybridized carbons (Fsp3) is 0.179. The van der Waals surface area contributed by atoms with Crippen LogP contribution in [0, 0.1) is 6.92 Å². The molecule has 34 heavy (non-hydrogen) atoms. The number of halogens is 1. The molecule has 1 aliphatic heterocycles. The minimum atomic E-state index is -0.548. The summed E-state index contributed by atoms with van der Waals surface area (Å²) < 4.78 is 5.59. The fourth-order valence-electron chi connectivity index (χ4n) is 4.70. The van der Waals surface area contributed by atoms with E-state index < -0.39 is 5.97 Å². The molecule has 1 unspecified atom stereocenters. The van der Waals surface area contributed by atoms with Gasteiger partial charge in [-0.2, -0.15) is 0 Å². The van der Waals surface area contributed by atoms with Gasteiger partial charge in [0.25, 0.3) is 5.91 Å². The highest BCUT2D eigenvalue weighted by Crippen LogP contribution is 2.33. The molecule has 0 spiro atoms. The molecule has 0 aliphatic carbocycles. The molecule has 2 heterocycles. The first-order valence-electron chi connectivity index (χ1n) is 11.2. The Labute approximate surface area is 202 Å². The zero-order valence-electron chi connectivity index (χ0n) is 18.9. The summed E-state index contributed by atoms with van der Waals surface area (Å²) in [5, 5.41) is 1.27. The third kappa shape index (κ3) is 3.93. The molecule has 1 atom stereocenters. The maximum atomic E-state index is 13.3. The van der Waals surface area contributed by atoms with Crippen molar-refractivity contribution in [1.82, 2.24) is 4.98 Å². The molecule has 1 amide bonds. The van der Waals surface area contributed by atoms with Crippen LogP contribution in [0.5, 0.6) is 0 Å². The van der Waals surface area contributed by atoms with E-state index in [0.29, 0.717) is 32.7 Å². The van der Waals surface area contributed by atoms with Gasteiger partial charge in [0.1, 0.15) is 0 Å². The van der Waals surface area contributed by atoms with Gasteiger partial charge in [0.2, 0.25) is 0 Å². The molecule has 6 heteroatoms. The van der Waals surface area contributed by atoms with Crippen molar-refractivity contribution < 1.29 is 14.3 Å². The largest absolute Gasteiger partial charge is 0.452 e. The van der Waals surface area contributed by atoms with Crippen molar-refractivity contribution in [2.75, 3.05) is 11.5 Å². The summed E-state index contributed by atoms with van der Waals surface area (Å²) in [6.45, 7) is 3.50. The molecule has 0 saturated heterocycles. The van der Waals surface area contributed by atoms with E-state index in [1.807, 2.05) is 80.6 Å². The van der Waals surface area contributed by atoms with Crippen molar-refractivity contribution in [3.63, 3.8) is 0 Å². The Hall–Kier alpha value is -3.70. The molecular formula is C28H23ClN2O3. The van der Waals surface area contributed by atoms with Crippen LogP contribution in [-0.2, 0) is 16.0 Å². The van der Waals surface area contributed by atoms with E-state index >= 15 is 0 Å². The second-order valence-corrected chi connectivity index (χ2v) is 8.95. The number of benzene rings is 3. The predicted molar refractivity (Wildman–Crippen MR) is 134 cm³/mol. The number of hydrogen-bond acceptors (Lipinski definition) is 4. The molecule has 0 radical (unpaired) electrons. The number of carbonyl (C=O) groups is 2. The highest BCUT2D eigenvalue weighted by atomic mass is 35.5. The lowest BCUT2D eigenvalue weighted by molar-refractivity contribution is -0.122. The first-order chi connectivity index (χ1) is 16.4. The van der Waals surface area contributed by atoms with E-state index in [1.165, 1.54) is 0 Å². The summed E-state index contributed by atoms with van der Waals surface area (Å²) in [4.78, 5) is 32.9. The Morgan fingerprint density at radius 1 is 1.06 bits per heavy atom. The van der Waals surface area contributed by atoms with Crippen LogP contribution in [0.2, 0.25) is 5.02 Å². The maximum Gasteiger partial charge on any atom is 0.339 e. The molecule has 5 nitrogen and oxygen atoms in total. The van der Waals surface area contributed by atoms with Gasteiger partial charge in [0.05, 0.1) is 16.8 Å². The van der Waals surface area contributed by atoms with Gasteiger partial charge >= 0.3 is 5.97 Å². The fourth-order valence-corrected chi connectivity index (χ4v) is 4.89. The number of aromatic nitrogens is 1. The van der Waals surface area contributed by atoms with Crippen molar-refractivity contribution in [2.24, 2.45) is 0 Å². The number of hydrogen-bond donors (Lipinski definition) is 0. The van der Waals surface area contributed by atoms with Crippen molar-refractivity contribution in [2.45, 2.75) is 26.3 Å². The SMILES string of the molecule is Cc1c(-c2cccc(Cl)c2)nc2ccccc2c1C(=O)OCC(=O)N1c2ccccc2CC1C. The average Bonchev–Trinajstić information content (AvgIpc) is 3.17. The van der Waals surface area contributed by atoms with Crippen molar-refractivity contribution >= 4 is 40.1 Å². The lowest BCUT2D eigenvalue weighted by Crippen LogP contribution is -2.38. The third-order valence-corrected chi connectivity index (χ3v) is 6.48. The van der Waals surface area contributed by atoms with Crippen molar-refractivity contribution in [1.29, 1.82) is 0 Å². The first-order valence-corrected chi connectivity index (χ1v) is 11.5. The van der Waals surface area contributed by atoms with Crippen molar-refractivity contribution in [3.8, 4) is 11.3 Å². The van der Waals surface area contributed by atoms with Crippen molar-refractivity contribution in [3.05, 3.63) is 94.5 Å². The number of anilines is 1. The van der Waals surface area contributed by atoms with Gasteiger partial charge in [0.15, 0.2) is 6.61 Å². The van der Waals surface area contributed by atoms with Crippen LogP contribution in [0.1, 0.15) is 28.4 Å². The smallest absolute Gasteiger partial charge is 0.339 e. The van der Waals surface area contributed by atoms with E-state index in [9.17, 15) is 9.59 Å². The summed E-state index contributed by atoms with van der Waals surface area (Å²) in [5.74, 6) is -0.787. The Morgan fingerprint density at radius 2 is 1.82 bits per heavy atom. The van der Waals surface area contributed by atoms with E-state index in [2.05, 4.69) is 0 Å². The second kappa shape index (κ2) is 8.92. The first kappa shape index (κ1) is 22.1. The number of ether oxygens (including phenoxy) is 1. The quantitative estimate of drug-likeness (QED) is 0.343. The van der Waals surface area contributed by atoms with Gasteiger partial charge < -0.3 is 9.64 Å². The van der Waals surface area contributed by atoms with Gasteiger partial charge in [-0.15, -0.1) is 0 Å². The summed E-state index contributed by atoms with van der Waals surface area (Å²) in [6.07, 6.45) is 0.785. The van der Waals surface area contributed by atoms with E-state index in [4.69, 9.17) is 21.3 Å². The standard InChI is InChI=1S/C28H23ClN2O3/c1-17-14-19-8-3-6-13-24(19)31(17)25(32)16-34-28(33)26-18(2)27(20-9-7-10-21(29)15-20)30-23-12-5-4-11-22(23)26/h3-13,15,17H,14,16H2,1-2H3. The van der Waals surface area contributed by atoms with Crippen LogP contribution in [0.3, 0.4) is 0 Å². The van der Waals surface area contributed by atoms with Gasteiger partial charge in [-0.3, -0.25) is 4.79 Å². The molecule has 5 rings (SSSR count). The minimum absolute atomic E-state index is 0.0153. The number of para-hydroxylation sites is 2. The molecule has 1 aromatic heterocycles. The second-order valence-electron chi connectivity index (χ2n) is 8.51. The summed E-state index contributed by atoms with van der Waals surface area (Å²) >= 11 is 6.20. The number of pyridine rings is 1. The highest BCUT2D eigenvalue weighted by Gasteiger charge is 2.31. The third-order valence-electron chi connectivity index (χ3n) is 6.24. The highest BCUT2D eigenvalue weighted by molar-refractivity contribution is 6.30. The van der Waals surface area contributed by atoms with Gasteiger partial charge in [-0.1, -0.05) is 60.1 Å². The van der Waals surface area contributed by atoms with E-state index in [-0.39, 0.29) is 18.6 Å². The molecule has 0 fully saturated rings. The van der Waals surface area contributed by atoms with Crippen LogP contribution < -0.4 is 4.90 Å². The van der Waals surface area contributed by atoms with Crippen LogP contribution in [0.15, 0.2) is 72.8 Å². The predicted octanol–water partition coefficient (Wildman–Crippen LogP) is 6.00. The molecule has 0 bridgehead atoms. The Kier molecular flexibility index (Phi) is 5.80. The monoisotopic (exact) mass is 470 g/mol. The Morgan fingerprint density at radius 3 is 2.65 bits per heavy atom. The summed E-state index contributed by atoms with van der Waals surface area (Å²) in [7, 11) is 0. The number of nitrogens with zero attached hydrogens (tertiary/aromatic N) is 2. The average molecular weight is 471 g/mol. The van der Waals surface area contributed by atoms with Crippen LogP contribution in [-0.4, -0.2) is 29.5 Å². The summed E-state index contributed by atoms with van der Waals surface area (Å²) in [6, 6.07) is 22.6. The molecular weight excluding hydrogens is 448 g/mol. The van der Waals surface area contributed by atoms with Crippen LogP contribution >= 0.6 is 11.6 Å². The molecule has 1 aliphatic rings. The van der Waals surface area contributed by atoms with Gasteiger partial charge in [0, 0.05) is 27.7 Å². The number of carbonyl (C=O) groups excluding carboxylic acids is 2. The van der Waals surface area contributed by atoms with Gasteiger partial charge in [-0.25, -0.2) is 9.78 Å². The lowest BCUT2D eigenvalue weighted by atomic mass is 9.98. The Bertz CT molecular complexity index is 1430. The van der Waals surface area contributed by atoms with Gasteiger partial charge in [-0.05, 0) is 55.7 Å². The Balaban J connectivity index is 1.46. The van der Waals surface area contributed by atoms with E-state index in [0.717, 1.165) is 23.2 Å². The van der Waals surface area contributed by atoms with Crippen LogP contribution in [0.25, 0.3) is 22.2 Å². The molecule has 0 N–H and O–H groups in total. The molecule has 0 saturated carbocycles. The number of fused-ring (bicyclic) bond motifs is 2. The van der Waals surface area contributed by atoms with Crippen LogP contribution in [0.4, 0.5) is 5.69 Å². The number of esters is 1. The maximum absolute atomic E-state index is 13.3. The zero-order valence-corrected chi connectivity index (χ0v) is 19.7. The minimum Gasteiger partial charge on any atom is -0.452 e. The molecule has 4 aromatic rings. The lowest BCUT2D eigenvalue weighted by Gasteiger charge is -2.22. The topological polar surface area (TPSA) is 59.5 Å². The zero-order chi connectivity index (χ0) is 23.8. The molecule has 3 aromatic carbocycles. The summed E-state index contributed by atoms with van der Waals surface area (Å²) in [5.41, 5.74) is 5.22. The normalized spacial score (nSPS) is 14.8.